The van der Waals surface area contributed by atoms with E-state index in [-0.39, 0.29) is 37.4 Å². The molecule has 0 aliphatic heterocycles. The van der Waals surface area contributed by atoms with E-state index in [1.54, 1.807) is 0 Å². The molecule has 0 bridgehead atoms. The number of carbonyl (C=O) groups is 2. The van der Waals surface area contributed by atoms with Gasteiger partial charge in [-0.25, -0.2) is 0 Å². The van der Waals surface area contributed by atoms with E-state index < -0.39 is 0 Å². The first-order valence-corrected chi connectivity index (χ1v) is 1.99. The van der Waals surface area contributed by atoms with Gasteiger partial charge in [-0.2, -0.15) is 0 Å². The largest absolute Gasteiger partial charge is 0.334 e. The van der Waals surface area contributed by atoms with Crippen LogP contribution in [-0.4, -0.2) is 11.6 Å². The van der Waals surface area contributed by atoms with Crippen molar-refractivity contribution in [2.75, 3.05) is 0 Å². The number of Topliss-reactive ketones (excluding diaryl/α,β-unsaturated/α-hetero) is 2. The van der Waals surface area contributed by atoms with E-state index in [9.17, 15) is 9.59 Å². The minimum atomic E-state index is -0.187. The van der Waals surface area contributed by atoms with Crippen LogP contribution in [0.1, 0.15) is 13.8 Å². The van der Waals surface area contributed by atoms with Gasteiger partial charge in [0.05, 0.1) is 0 Å². The summed E-state index contributed by atoms with van der Waals surface area (Å²) in [6.45, 7) is 2.70. The first kappa shape index (κ1) is 11.0. The summed E-state index contributed by atoms with van der Waals surface area (Å²) in [5.41, 5.74) is 0. The van der Waals surface area contributed by atoms with E-state index in [2.05, 4.69) is 0 Å². The van der Waals surface area contributed by atoms with Crippen LogP contribution in [0.5, 0.6) is 0 Å². The van der Waals surface area contributed by atoms with Crippen molar-refractivity contribution >= 4 is 11.6 Å². The van der Waals surface area contributed by atoms with Crippen molar-refractivity contribution in [3.8, 4) is 0 Å². The maximum Gasteiger partial charge on any atom is 0.00219 e. The average molecular weight is 278 g/mol. The van der Waals surface area contributed by atoms with E-state index in [1.807, 2.05) is 0 Å². The average Bonchev–Trinajstić information content (AvgIpc) is 1.27. The molecule has 0 unspecified atom stereocenters. The molecular formula is C5H7HfO2-. The van der Waals surface area contributed by atoms with Gasteiger partial charge >= 0.3 is 0 Å². The Bertz CT molecular complexity index is 86.6. The van der Waals surface area contributed by atoms with Crippen molar-refractivity contribution in [2.45, 2.75) is 13.8 Å². The second-order valence-corrected chi connectivity index (χ2v) is 1.37. The zero-order valence-electron chi connectivity index (χ0n) is 4.89. The van der Waals surface area contributed by atoms with Crippen LogP contribution in [0.15, 0.2) is 0 Å². The molecular weight excluding hydrogens is 271 g/mol. The topological polar surface area (TPSA) is 34.1 Å². The van der Waals surface area contributed by atoms with E-state index in [0.29, 0.717) is 0 Å². The Labute approximate surface area is 67.4 Å². The van der Waals surface area contributed by atoms with E-state index >= 15 is 0 Å². The maximum atomic E-state index is 9.98. The minimum absolute atomic E-state index is 0. The summed E-state index contributed by atoms with van der Waals surface area (Å²) in [4.78, 5) is 20.0. The third-order valence-electron chi connectivity index (χ3n) is 0.407. The molecule has 0 saturated carbocycles. The van der Waals surface area contributed by atoms with Crippen molar-refractivity contribution in [1.29, 1.82) is 0 Å². The van der Waals surface area contributed by atoms with Crippen molar-refractivity contribution in [3.05, 3.63) is 6.42 Å². The summed E-state index contributed by atoms with van der Waals surface area (Å²) in [5.74, 6) is -0.375. The Balaban J connectivity index is 0. The summed E-state index contributed by atoms with van der Waals surface area (Å²) in [5, 5.41) is 0. The monoisotopic (exact) mass is 279 g/mol. The molecule has 0 heterocycles. The van der Waals surface area contributed by atoms with Gasteiger partial charge in [0.15, 0.2) is 0 Å². The second-order valence-electron chi connectivity index (χ2n) is 1.37. The Morgan fingerprint density at radius 1 is 1.12 bits per heavy atom. The first-order chi connectivity index (χ1) is 3.13. The fourth-order valence-electron chi connectivity index (χ4n) is 0.286. The molecule has 0 amide bonds. The van der Waals surface area contributed by atoms with Gasteiger partial charge < -0.3 is 9.59 Å². The van der Waals surface area contributed by atoms with Crippen LogP contribution in [0, 0.1) is 6.42 Å². The molecule has 44 valence electrons. The molecule has 0 aromatic rings. The molecule has 0 N–H and O–H groups in total. The molecule has 0 saturated heterocycles. The molecule has 0 aromatic heterocycles. The van der Waals surface area contributed by atoms with E-state index in [0.717, 1.165) is 6.42 Å². The zero-order valence-corrected chi connectivity index (χ0v) is 8.49. The third kappa shape index (κ3) is 9.43. The molecule has 0 aliphatic carbocycles. The summed E-state index contributed by atoms with van der Waals surface area (Å²) in [6, 6.07) is 0. The van der Waals surface area contributed by atoms with Gasteiger partial charge in [0.25, 0.3) is 0 Å². The predicted molar refractivity (Wildman–Crippen MR) is 25.7 cm³/mol. The summed E-state index contributed by atoms with van der Waals surface area (Å²) in [7, 11) is 0. The molecule has 8 heavy (non-hydrogen) atoms. The molecule has 0 aliphatic rings. The van der Waals surface area contributed by atoms with Crippen LogP contribution in [0.3, 0.4) is 0 Å². The van der Waals surface area contributed by atoms with Gasteiger partial charge in [0.2, 0.25) is 0 Å². The Kier molecular flexibility index (Phi) is 7.15. The summed E-state index contributed by atoms with van der Waals surface area (Å²) < 4.78 is 0. The number of hydrogen-bond acceptors (Lipinski definition) is 2. The van der Waals surface area contributed by atoms with Crippen LogP contribution in [0.25, 0.3) is 0 Å². The van der Waals surface area contributed by atoms with Gasteiger partial charge in [-0.3, -0.25) is 6.42 Å². The van der Waals surface area contributed by atoms with Gasteiger partial charge in [0, 0.05) is 37.4 Å². The smallest absolute Gasteiger partial charge is 0.00219 e. The van der Waals surface area contributed by atoms with E-state index in [4.69, 9.17) is 0 Å². The minimum Gasteiger partial charge on any atom is -0.334 e. The number of carbonyl (C=O) groups excluding carboxylic acids is 2. The summed E-state index contributed by atoms with van der Waals surface area (Å²) >= 11 is 0. The van der Waals surface area contributed by atoms with Gasteiger partial charge in [-0.05, 0) is 13.8 Å². The fraction of sp³-hybridized carbons (Fsp3) is 0.400. The Hall–Kier alpha value is 0.0801. The standard InChI is InChI=1S/C5H7O2.Hf/c1-4(6)3-5(2)7;/h3H,1-2H3;/q-1;. The predicted octanol–water partition coefficient (Wildman–Crippen LogP) is 0.366. The van der Waals surface area contributed by atoms with Crippen LogP contribution < -0.4 is 0 Å². The van der Waals surface area contributed by atoms with Gasteiger partial charge in [0.1, 0.15) is 0 Å². The molecule has 0 spiro atoms. The van der Waals surface area contributed by atoms with Crippen LogP contribution in [-0.2, 0) is 35.4 Å². The third-order valence-corrected chi connectivity index (χ3v) is 0.407. The molecule has 2 nitrogen and oxygen atoms in total. The molecule has 0 radical (unpaired) electrons. The van der Waals surface area contributed by atoms with Crippen LogP contribution >= 0.6 is 0 Å². The first-order valence-electron chi connectivity index (χ1n) is 1.99. The van der Waals surface area contributed by atoms with Crippen molar-refractivity contribution in [1.82, 2.24) is 0 Å². The van der Waals surface area contributed by atoms with E-state index in [1.165, 1.54) is 13.8 Å². The van der Waals surface area contributed by atoms with Crippen LogP contribution in [0.4, 0.5) is 0 Å². The molecule has 0 aromatic carbocycles. The number of ketones is 2. The second kappa shape index (κ2) is 5.22. The molecule has 3 heteroatoms. The van der Waals surface area contributed by atoms with Crippen molar-refractivity contribution in [3.63, 3.8) is 0 Å². The maximum absolute atomic E-state index is 9.98. The number of rotatable bonds is 2. The summed E-state index contributed by atoms with van der Waals surface area (Å²) in [6.07, 6.45) is 1.06. The van der Waals surface area contributed by atoms with Crippen LogP contribution in [0.2, 0.25) is 0 Å². The number of hydrogen-bond donors (Lipinski definition) is 0. The SMILES string of the molecule is CC(=O)[CH-]C(C)=O.[Hf]. The van der Waals surface area contributed by atoms with Crippen molar-refractivity contribution in [2.24, 2.45) is 0 Å². The quantitative estimate of drug-likeness (QED) is 0.415. The zero-order chi connectivity index (χ0) is 5.86. The normalized spacial score (nSPS) is 6.75. The Morgan fingerprint density at radius 2 is 1.38 bits per heavy atom. The van der Waals surface area contributed by atoms with Gasteiger partial charge in [-0.1, -0.05) is 0 Å². The molecule has 0 rings (SSSR count). The van der Waals surface area contributed by atoms with Gasteiger partial charge in [-0.15, -0.1) is 0 Å². The molecule has 0 fully saturated rings. The molecule has 0 atom stereocenters. The Morgan fingerprint density at radius 3 is 1.38 bits per heavy atom. The fourth-order valence-corrected chi connectivity index (χ4v) is 0.286. The van der Waals surface area contributed by atoms with Crippen molar-refractivity contribution < 1.29 is 35.4 Å².